The van der Waals surface area contributed by atoms with Gasteiger partial charge in [-0.3, -0.25) is 29.1 Å². The molecular formula is C17H14N4O4. The van der Waals surface area contributed by atoms with Gasteiger partial charge in [-0.05, 0) is 30.5 Å². The Morgan fingerprint density at radius 2 is 1.76 bits per heavy atom. The molecule has 4 rings (SSSR count). The van der Waals surface area contributed by atoms with Crippen molar-refractivity contribution in [3.05, 3.63) is 50.8 Å². The normalized spacial score (nSPS) is 15.5. The molecule has 8 nitrogen and oxygen atoms in total. The van der Waals surface area contributed by atoms with Gasteiger partial charge in [-0.2, -0.15) is 0 Å². The summed E-state index contributed by atoms with van der Waals surface area (Å²) < 4.78 is 1.16. The average Bonchev–Trinajstić information content (AvgIpc) is 2.82. The lowest BCUT2D eigenvalue weighted by molar-refractivity contribution is -0.116. The van der Waals surface area contributed by atoms with Gasteiger partial charge in [0.25, 0.3) is 17.4 Å². The first kappa shape index (κ1) is 15.1. The van der Waals surface area contributed by atoms with Gasteiger partial charge in [0.05, 0.1) is 22.5 Å². The third-order valence-corrected chi connectivity index (χ3v) is 4.42. The van der Waals surface area contributed by atoms with Crippen molar-refractivity contribution >= 4 is 29.2 Å². The quantitative estimate of drug-likeness (QED) is 0.653. The minimum absolute atomic E-state index is 0.0259. The number of aromatic nitrogens is 1. The van der Waals surface area contributed by atoms with Gasteiger partial charge in [-0.15, -0.1) is 0 Å². The van der Waals surface area contributed by atoms with Crippen LogP contribution in [-0.2, 0) is 11.2 Å². The van der Waals surface area contributed by atoms with Crippen LogP contribution in [0.3, 0.4) is 0 Å². The molecule has 0 fully saturated rings. The van der Waals surface area contributed by atoms with E-state index in [1.54, 1.807) is 6.07 Å². The van der Waals surface area contributed by atoms with Crippen LogP contribution in [0.5, 0.6) is 0 Å². The molecule has 0 saturated heterocycles. The summed E-state index contributed by atoms with van der Waals surface area (Å²) in [6.07, 6.45) is 0.912. The molecule has 0 bridgehead atoms. The Hall–Kier alpha value is -3.42. The molecule has 0 aliphatic carbocycles. The first-order chi connectivity index (χ1) is 11.9. The van der Waals surface area contributed by atoms with Crippen molar-refractivity contribution in [2.24, 2.45) is 0 Å². The zero-order valence-corrected chi connectivity index (χ0v) is 13.3. The topological polar surface area (TPSA) is 123 Å². The summed E-state index contributed by atoms with van der Waals surface area (Å²) in [7, 11) is 0. The monoisotopic (exact) mass is 338 g/mol. The van der Waals surface area contributed by atoms with E-state index in [0.717, 1.165) is 21.8 Å². The second kappa shape index (κ2) is 5.04. The predicted molar refractivity (Wildman–Crippen MR) is 89.9 cm³/mol. The Balaban J connectivity index is 2.05. The van der Waals surface area contributed by atoms with Crippen LogP contribution in [0, 0.1) is 6.92 Å². The lowest BCUT2D eigenvalue weighted by atomic mass is 9.98. The summed E-state index contributed by atoms with van der Waals surface area (Å²) in [6, 6.07) is 4.73. The number of aryl methyl sites for hydroxylation is 2. The first-order valence-corrected chi connectivity index (χ1v) is 7.72. The van der Waals surface area contributed by atoms with E-state index in [0.29, 0.717) is 24.2 Å². The summed E-state index contributed by atoms with van der Waals surface area (Å²) in [6.45, 7) is 1.87. The van der Waals surface area contributed by atoms with E-state index < -0.39 is 17.4 Å². The fraction of sp³-hybridized carbons (Fsp3) is 0.176. The fourth-order valence-electron chi connectivity index (χ4n) is 3.34. The number of hydrogen-bond donors (Lipinski definition) is 3. The third kappa shape index (κ3) is 2.14. The molecule has 0 unspecified atom stereocenters. The molecule has 8 heteroatoms. The number of carbonyl (C=O) groups is 3. The molecule has 4 N–H and O–H groups in total. The Kier molecular flexibility index (Phi) is 3.05. The molecule has 25 heavy (non-hydrogen) atoms. The van der Waals surface area contributed by atoms with E-state index in [2.05, 4.69) is 10.6 Å². The molecule has 0 saturated carbocycles. The molecule has 2 aliphatic heterocycles. The van der Waals surface area contributed by atoms with Crippen LogP contribution in [0.2, 0.25) is 0 Å². The smallest absolute Gasteiger partial charge is 0.262 e. The predicted octanol–water partition coefficient (Wildman–Crippen LogP) is 0.496. The second-order valence-corrected chi connectivity index (χ2v) is 6.14. The van der Waals surface area contributed by atoms with Crippen molar-refractivity contribution in [1.82, 2.24) is 9.88 Å². The summed E-state index contributed by atoms with van der Waals surface area (Å²) in [5, 5.41) is 4.90. The van der Waals surface area contributed by atoms with E-state index in [9.17, 15) is 19.2 Å². The minimum Gasteiger partial charge on any atom is -0.384 e. The standard InChI is InChI=1S/C17H14N4O4/c1-7-4-8-2-3-11(22)19-14(8)10(5-7)21-12(23)6-9-13(15(21)18)17(25)20-16(9)24/h4-6H,2-3,18H2,1H3,(H,19,22)(H,20,24,25). The van der Waals surface area contributed by atoms with Crippen LogP contribution in [0.25, 0.3) is 5.69 Å². The van der Waals surface area contributed by atoms with Crippen LogP contribution in [-0.4, -0.2) is 22.3 Å². The van der Waals surface area contributed by atoms with E-state index in [4.69, 9.17) is 5.73 Å². The summed E-state index contributed by atoms with van der Waals surface area (Å²) in [4.78, 5) is 48.2. The Bertz CT molecular complexity index is 1050. The highest BCUT2D eigenvalue weighted by atomic mass is 16.2. The number of pyridine rings is 1. The first-order valence-electron chi connectivity index (χ1n) is 7.72. The molecule has 1 aromatic carbocycles. The molecule has 2 aromatic rings. The Morgan fingerprint density at radius 3 is 2.52 bits per heavy atom. The van der Waals surface area contributed by atoms with E-state index >= 15 is 0 Å². The van der Waals surface area contributed by atoms with Crippen molar-refractivity contribution in [2.45, 2.75) is 19.8 Å². The van der Waals surface area contributed by atoms with Crippen molar-refractivity contribution in [1.29, 1.82) is 0 Å². The molecule has 1 aromatic heterocycles. The number of nitrogens with zero attached hydrogens (tertiary/aromatic N) is 1. The van der Waals surface area contributed by atoms with Gasteiger partial charge in [0.1, 0.15) is 5.82 Å². The van der Waals surface area contributed by atoms with Crippen molar-refractivity contribution in [3.8, 4) is 5.69 Å². The Labute approximate surface area is 141 Å². The molecular weight excluding hydrogens is 324 g/mol. The van der Waals surface area contributed by atoms with Crippen molar-refractivity contribution in [3.63, 3.8) is 0 Å². The highest BCUT2D eigenvalue weighted by Crippen LogP contribution is 2.33. The number of imide groups is 1. The number of benzene rings is 1. The van der Waals surface area contributed by atoms with Gasteiger partial charge in [-0.25, -0.2) is 0 Å². The molecule has 126 valence electrons. The number of amides is 3. The number of fused-ring (bicyclic) bond motifs is 2. The second-order valence-electron chi connectivity index (χ2n) is 6.14. The van der Waals surface area contributed by atoms with Gasteiger partial charge < -0.3 is 11.1 Å². The highest BCUT2D eigenvalue weighted by molar-refractivity contribution is 6.23. The van der Waals surface area contributed by atoms with Crippen molar-refractivity contribution < 1.29 is 14.4 Å². The zero-order valence-electron chi connectivity index (χ0n) is 13.3. The maximum absolute atomic E-state index is 12.6. The number of anilines is 2. The van der Waals surface area contributed by atoms with Gasteiger partial charge in [0, 0.05) is 12.5 Å². The number of nitrogens with one attached hydrogen (secondary N) is 2. The molecule has 2 aliphatic rings. The number of nitrogen functional groups attached to an aromatic ring is 1. The maximum atomic E-state index is 12.6. The van der Waals surface area contributed by atoms with E-state index in [1.807, 2.05) is 13.0 Å². The highest BCUT2D eigenvalue weighted by Gasteiger charge is 2.32. The van der Waals surface area contributed by atoms with Crippen LogP contribution in [0.1, 0.15) is 38.3 Å². The number of hydrogen-bond acceptors (Lipinski definition) is 5. The number of rotatable bonds is 1. The number of nitrogens with two attached hydrogens (primary N) is 1. The van der Waals surface area contributed by atoms with Gasteiger partial charge in [0.2, 0.25) is 5.91 Å². The minimum atomic E-state index is -0.643. The maximum Gasteiger partial charge on any atom is 0.262 e. The molecule has 3 heterocycles. The van der Waals surface area contributed by atoms with Crippen LogP contribution in [0.4, 0.5) is 11.5 Å². The summed E-state index contributed by atoms with van der Waals surface area (Å²) >= 11 is 0. The lowest BCUT2D eigenvalue weighted by Gasteiger charge is -2.23. The van der Waals surface area contributed by atoms with Crippen LogP contribution >= 0.6 is 0 Å². The van der Waals surface area contributed by atoms with Crippen LogP contribution in [0.15, 0.2) is 23.0 Å². The number of carbonyl (C=O) groups excluding carboxylic acids is 3. The van der Waals surface area contributed by atoms with E-state index in [-0.39, 0.29) is 22.9 Å². The lowest BCUT2D eigenvalue weighted by Crippen LogP contribution is -2.27. The van der Waals surface area contributed by atoms with Gasteiger partial charge >= 0.3 is 0 Å². The van der Waals surface area contributed by atoms with Crippen LogP contribution < -0.4 is 21.9 Å². The third-order valence-electron chi connectivity index (χ3n) is 4.42. The molecule has 0 radical (unpaired) electrons. The molecule has 3 amide bonds. The summed E-state index contributed by atoms with van der Waals surface area (Å²) in [5.74, 6) is -1.57. The molecule has 0 atom stereocenters. The zero-order chi connectivity index (χ0) is 17.9. The molecule has 0 spiro atoms. The van der Waals surface area contributed by atoms with Crippen molar-refractivity contribution in [2.75, 3.05) is 11.1 Å². The SMILES string of the molecule is Cc1cc2c(c(-n3c(N)c4c(cc3=O)C(=O)NC4=O)c1)NC(=O)CC2. The largest absolute Gasteiger partial charge is 0.384 e. The van der Waals surface area contributed by atoms with Gasteiger partial charge in [-0.1, -0.05) is 6.07 Å². The fourth-order valence-corrected chi connectivity index (χ4v) is 3.34. The summed E-state index contributed by atoms with van der Waals surface area (Å²) in [5.41, 5.74) is 8.14. The van der Waals surface area contributed by atoms with E-state index in [1.165, 1.54) is 0 Å². The Morgan fingerprint density at radius 1 is 1.00 bits per heavy atom. The van der Waals surface area contributed by atoms with Gasteiger partial charge in [0.15, 0.2) is 0 Å². The average molecular weight is 338 g/mol.